The lowest BCUT2D eigenvalue weighted by Gasteiger charge is -2.31. The number of halogens is 1. The normalized spacial score (nSPS) is 19.6. The van der Waals surface area contributed by atoms with Crippen LogP contribution in [0.2, 0.25) is 0 Å². The first-order valence-electron chi connectivity index (χ1n) is 6.87. The average Bonchev–Trinajstić information content (AvgIpc) is 2.47. The highest BCUT2D eigenvalue weighted by atomic mass is 79.9. The number of likely N-dealkylation sites (tertiary alicyclic amines) is 1. The van der Waals surface area contributed by atoms with Crippen LogP contribution in [-0.4, -0.2) is 44.2 Å². The molecular weight excluding hydrogens is 322 g/mol. The molecule has 1 aromatic carbocycles. The summed E-state index contributed by atoms with van der Waals surface area (Å²) >= 11 is 3.42. The van der Waals surface area contributed by atoms with E-state index < -0.39 is 0 Å². The van der Waals surface area contributed by atoms with E-state index in [1.54, 1.807) is 0 Å². The number of rotatable bonds is 5. The fourth-order valence-electron chi connectivity index (χ4n) is 2.47. The Bertz CT molecular complexity index is 452. The van der Waals surface area contributed by atoms with Crippen molar-refractivity contribution in [3.63, 3.8) is 0 Å². The van der Waals surface area contributed by atoms with Crippen LogP contribution in [0.5, 0.6) is 5.75 Å². The Morgan fingerprint density at radius 2 is 2.35 bits per heavy atom. The number of nitrogens with zero attached hydrogens (tertiary/aromatic N) is 1. The molecule has 20 heavy (non-hydrogen) atoms. The molecule has 1 saturated heterocycles. The van der Waals surface area contributed by atoms with E-state index >= 15 is 0 Å². The first-order chi connectivity index (χ1) is 9.69. The summed E-state index contributed by atoms with van der Waals surface area (Å²) in [6, 6.07) is 7.82. The van der Waals surface area contributed by atoms with Crippen LogP contribution in [0.1, 0.15) is 12.8 Å². The van der Waals surface area contributed by atoms with Crippen LogP contribution in [0.3, 0.4) is 0 Å². The Balaban J connectivity index is 1.75. The van der Waals surface area contributed by atoms with Crippen LogP contribution in [-0.2, 0) is 9.53 Å². The molecule has 0 aliphatic carbocycles. The second-order valence-corrected chi connectivity index (χ2v) is 5.88. The van der Waals surface area contributed by atoms with Crippen LogP contribution in [0.4, 0.5) is 0 Å². The first kappa shape index (κ1) is 15.3. The van der Waals surface area contributed by atoms with Gasteiger partial charge in [0.05, 0.1) is 13.0 Å². The lowest BCUT2D eigenvalue weighted by atomic mass is 9.98. The van der Waals surface area contributed by atoms with Crippen molar-refractivity contribution >= 4 is 21.9 Å². The van der Waals surface area contributed by atoms with Gasteiger partial charge in [-0.1, -0.05) is 22.0 Å². The zero-order valence-electron chi connectivity index (χ0n) is 11.7. The number of methoxy groups -OCH3 is 1. The van der Waals surface area contributed by atoms with Gasteiger partial charge in [-0.25, -0.2) is 0 Å². The Morgan fingerprint density at radius 1 is 1.50 bits per heavy atom. The first-order valence-corrected chi connectivity index (χ1v) is 7.67. The molecule has 4 nitrogen and oxygen atoms in total. The SMILES string of the molecule is COC(=O)C1CCCN(CCOc2cccc(Br)c2)C1. The van der Waals surface area contributed by atoms with E-state index in [0.717, 1.165) is 42.7 Å². The van der Waals surface area contributed by atoms with E-state index in [-0.39, 0.29) is 11.9 Å². The molecule has 1 fully saturated rings. The van der Waals surface area contributed by atoms with Crippen molar-refractivity contribution in [3.05, 3.63) is 28.7 Å². The smallest absolute Gasteiger partial charge is 0.309 e. The predicted octanol–water partition coefficient (Wildman–Crippen LogP) is 2.71. The molecule has 0 N–H and O–H groups in total. The number of hydrogen-bond donors (Lipinski definition) is 0. The Kier molecular flexibility index (Phi) is 5.86. The number of carbonyl (C=O) groups is 1. The number of carbonyl (C=O) groups excluding carboxylic acids is 1. The quantitative estimate of drug-likeness (QED) is 0.772. The van der Waals surface area contributed by atoms with Gasteiger partial charge in [0.25, 0.3) is 0 Å². The highest BCUT2D eigenvalue weighted by molar-refractivity contribution is 9.10. The molecule has 5 heteroatoms. The summed E-state index contributed by atoms with van der Waals surface area (Å²) < 4.78 is 11.6. The number of benzene rings is 1. The van der Waals surface area contributed by atoms with Crippen molar-refractivity contribution in [2.24, 2.45) is 5.92 Å². The third-order valence-corrected chi connectivity index (χ3v) is 4.01. The van der Waals surface area contributed by atoms with Crippen LogP contribution >= 0.6 is 15.9 Å². The maximum absolute atomic E-state index is 11.6. The van der Waals surface area contributed by atoms with Crippen molar-refractivity contribution in [2.75, 3.05) is 33.4 Å². The van der Waals surface area contributed by atoms with E-state index in [0.29, 0.717) is 6.61 Å². The van der Waals surface area contributed by atoms with Gasteiger partial charge in [-0.05, 0) is 37.6 Å². The lowest BCUT2D eigenvalue weighted by molar-refractivity contribution is -0.147. The van der Waals surface area contributed by atoms with Gasteiger partial charge >= 0.3 is 5.97 Å². The lowest BCUT2D eigenvalue weighted by Crippen LogP contribution is -2.41. The van der Waals surface area contributed by atoms with Crippen LogP contribution < -0.4 is 4.74 Å². The Hall–Kier alpha value is -1.07. The van der Waals surface area contributed by atoms with Gasteiger partial charge in [0.15, 0.2) is 0 Å². The van der Waals surface area contributed by atoms with Crippen molar-refractivity contribution in [2.45, 2.75) is 12.8 Å². The fourth-order valence-corrected chi connectivity index (χ4v) is 2.85. The molecule has 1 unspecified atom stereocenters. The molecule has 1 atom stereocenters. The van der Waals surface area contributed by atoms with Gasteiger partial charge in [-0.2, -0.15) is 0 Å². The molecule has 1 aliphatic rings. The molecule has 0 amide bonds. The third kappa shape index (κ3) is 4.49. The van der Waals surface area contributed by atoms with Crippen molar-refractivity contribution < 1.29 is 14.3 Å². The topological polar surface area (TPSA) is 38.8 Å². The monoisotopic (exact) mass is 341 g/mol. The number of piperidine rings is 1. The molecule has 1 heterocycles. The van der Waals surface area contributed by atoms with Crippen molar-refractivity contribution in [1.82, 2.24) is 4.90 Å². The molecule has 0 radical (unpaired) electrons. The summed E-state index contributed by atoms with van der Waals surface area (Å²) in [5.41, 5.74) is 0. The highest BCUT2D eigenvalue weighted by Crippen LogP contribution is 2.19. The maximum Gasteiger partial charge on any atom is 0.309 e. The minimum Gasteiger partial charge on any atom is -0.492 e. The molecule has 0 aromatic heterocycles. The molecule has 1 aromatic rings. The number of esters is 1. The van der Waals surface area contributed by atoms with Gasteiger partial charge in [-0.15, -0.1) is 0 Å². The molecule has 0 saturated carbocycles. The molecule has 110 valence electrons. The van der Waals surface area contributed by atoms with E-state index in [1.807, 2.05) is 24.3 Å². The Labute approximate surface area is 128 Å². The highest BCUT2D eigenvalue weighted by Gasteiger charge is 2.26. The minimum atomic E-state index is -0.0948. The standard InChI is InChI=1S/C15H20BrNO3/c1-19-15(18)12-4-3-7-17(11-12)8-9-20-14-6-2-5-13(16)10-14/h2,5-6,10,12H,3-4,7-9,11H2,1H3. The summed E-state index contributed by atoms with van der Waals surface area (Å²) in [6.07, 6.45) is 1.96. The van der Waals surface area contributed by atoms with Crippen molar-refractivity contribution in [1.29, 1.82) is 0 Å². The second-order valence-electron chi connectivity index (χ2n) is 4.97. The second kappa shape index (κ2) is 7.64. The van der Waals surface area contributed by atoms with Gasteiger partial charge < -0.3 is 9.47 Å². The average molecular weight is 342 g/mol. The minimum absolute atomic E-state index is 0.0135. The van der Waals surface area contributed by atoms with Crippen molar-refractivity contribution in [3.8, 4) is 5.75 Å². The molecule has 1 aliphatic heterocycles. The van der Waals surface area contributed by atoms with Crippen LogP contribution in [0, 0.1) is 5.92 Å². The summed E-state index contributed by atoms with van der Waals surface area (Å²) in [4.78, 5) is 13.8. The summed E-state index contributed by atoms with van der Waals surface area (Å²) in [5, 5.41) is 0. The van der Waals surface area contributed by atoms with Gasteiger partial charge in [0, 0.05) is 17.6 Å². The maximum atomic E-state index is 11.6. The molecule has 0 bridgehead atoms. The Morgan fingerprint density at radius 3 is 3.10 bits per heavy atom. The van der Waals surface area contributed by atoms with E-state index in [1.165, 1.54) is 7.11 Å². The van der Waals surface area contributed by atoms with Gasteiger partial charge in [-0.3, -0.25) is 9.69 Å². The third-order valence-electron chi connectivity index (χ3n) is 3.51. The zero-order valence-corrected chi connectivity index (χ0v) is 13.3. The van der Waals surface area contributed by atoms with Crippen LogP contribution in [0.25, 0.3) is 0 Å². The number of hydrogen-bond acceptors (Lipinski definition) is 4. The van der Waals surface area contributed by atoms with E-state index in [2.05, 4.69) is 20.8 Å². The van der Waals surface area contributed by atoms with E-state index in [4.69, 9.17) is 9.47 Å². The number of ether oxygens (including phenoxy) is 2. The predicted molar refractivity (Wildman–Crippen MR) is 80.8 cm³/mol. The van der Waals surface area contributed by atoms with Crippen LogP contribution in [0.15, 0.2) is 28.7 Å². The summed E-state index contributed by atoms with van der Waals surface area (Å²) in [5.74, 6) is 0.781. The molecular formula is C15H20BrNO3. The molecule has 0 spiro atoms. The summed E-state index contributed by atoms with van der Waals surface area (Å²) in [7, 11) is 1.46. The largest absolute Gasteiger partial charge is 0.492 e. The van der Waals surface area contributed by atoms with Gasteiger partial charge in [0.1, 0.15) is 12.4 Å². The fraction of sp³-hybridized carbons (Fsp3) is 0.533. The van der Waals surface area contributed by atoms with Gasteiger partial charge in [0.2, 0.25) is 0 Å². The molecule has 2 rings (SSSR count). The summed E-state index contributed by atoms with van der Waals surface area (Å²) in [6.45, 7) is 3.26. The van der Waals surface area contributed by atoms with E-state index in [9.17, 15) is 4.79 Å². The zero-order chi connectivity index (χ0) is 14.4.